The first-order valence-corrected chi connectivity index (χ1v) is 6.68. The summed E-state index contributed by atoms with van der Waals surface area (Å²) >= 11 is 0. The Morgan fingerprint density at radius 1 is 1.39 bits per heavy atom. The van der Waals surface area contributed by atoms with Gasteiger partial charge in [-0.3, -0.25) is 14.5 Å². The lowest BCUT2D eigenvalue weighted by Crippen LogP contribution is -2.55. The lowest BCUT2D eigenvalue weighted by atomic mass is 9.95. The van der Waals surface area contributed by atoms with Crippen molar-refractivity contribution in [1.29, 1.82) is 0 Å². The number of hydrogen-bond donors (Lipinski definition) is 2. The third-order valence-corrected chi connectivity index (χ3v) is 3.53. The van der Waals surface area contributed by atoms with Crippen LogP contribution in [0.15, 0.2) is 0 Å². The molecule has 1 aliphatic heterocycles. The van der Waals surface area contributed by atoms with E-state index in [-0.39, 0.29) is 24.4 Å². The summed E-state index contributed by atoms with van der Waals surface area (Å²) in [6, 6.07) is 0.168. The number of nitrogens with zero attached hydrogens (tertiary/aromatic N) is 1. The molecular weight excluding hydrogens is 232 g/mol. The zero-order valence-electron chi connectivity index (χ0n) is 11.5. The molecular formula is C13H24N2O3. The number of aliphatic carboxylic acids is 1. The number of hydrogen-bond acceptors (Lipinski definition) is 3. The minimum atomic E-state index is -1.00. The molecule has 0 bridgehead atoms. The first kappa shape index (κ1) is 15.0. The van der Waals surface area contributed by atoms with E-state index in [0.29, 0.717) is 6.04 Å². The van der Waals surface area contributed by atoms with Crippen LogP contribution in [0.25, 0.3) is 0 Å². The minimum Gasteiger partial charge on any atom is -0.480 e. The molecule has 1 saturated heterocycles. The number of carboxylic acids is 1. The highest BCUT2D eigenvalue weighted by atomic mass is 16.4. The van der Waals surface area contributed by atoms with Crippen molar-refractivity contribution in [3.63, 3.8) is 0 Å². The number of likely N-dealkylation sites (tertiary alicyclic amines) is 1. The van der Waals surface area contributed by atoms with Gasteiger partial charge in [-0.05, 0) is 32.2 Å². The second-order valence-electron chi connectivity index (χ2n) is 5.38. The van der Waals surface area contributed by atoms with Gasteiger partial charge in [-0.1, -0.05) is 20.3 Å². The molecule has 2 N–H and O–H groups in total. The van der Waals surface area contributed by atoms with E-state index in [1.165, 1.54) is 6.42 Å². The molecule has 18 heavy (non-hydrogen) atoms. The van der Waals surface area contributed by atoms with Gasteiger partial charge < -0.3 is 10.4 Å². The van der Waals surface area contributed by atoms with E-state index in [9.17, 15) is 9.59 Å². The predicted molar refractivity (Wildman–Crippen MR) is 69.3 cm³/mol. The Morgan fingerprint density at radius 3 is 2.56 bits per heavy atom. The number of carbonyl (C=O) groups excluding carboxylic acids is 1. The Hall–Kier alpha value is -1.10. The SMILES string of the molecule is CC(C)C(C(=O)NCC(=O)O)N1CCCCC1C. The van der Waals surface area contributed by atoms with Gasteiger partial charge in [0, 0.05) is 6.04 Å². The van der Waals surface area contributed by atoms with Crippen LogP contribution >= 0.6 is 0 Å². The van der Waals surface area contributed by atoms with E-state index in [2.05, 4.69) is 17.1 Å². The maximum Gasteiger partial charge on any atom is 0.322 e. The summed E-state index contributed by atoms with van der Waals surface area (Å²) in [7, 11) is 0. The van der Waals surface area contributed by atoms with Gasteiger partial charge in [0.1, 0.15) is 6.54 Å². The van der Waals surface area contributed by atoms with Gasteiger partial charge in [0.15, 0.2) is 0 Å². The zero-order chi connectivity index (χ0) is 13.7. The molecule has 0 aromatic rings. The summed E-state index contributed by atoms with van der Waals surface area (Å²) < 4.78 is 0. The molecule has 2 atom stereocenters. The maximum absolute atomic E-state index is 12.1. The molecule has 0 saturated carbocycles. The molecule has 2 unspecified atom stereocenters. The van der Waals surface area contributed by atoms with Gasteiger partial charge in [-0.25, -0.2) is 0 Å². The Bertz CT molecular complexity index is 305. The van der Waals surface area contributed by atoms with E-state index in [0.717, 1.165) is 19.4 Å². The molecule has 0 aromatic carbocycles. The van der Waals surface area contributed by atoms with Crippen LogP contribution < -0.4 is 5.32 Å². The molecule has 1 fully saturated rings. The van der Waals surface area contributed by atoms with Crippen molar-refractivity contribution >= 4 is 11.9 Å². The Labute approximate surface area is 109 Å². The summed E-state index contributed by atoms with van der Waals surface area (Å²) in [6.45, 7) is 6.77. The quantitative estimate of drug-likeness (QED) is 0.772. The molecule has 1 aliphatic rings. The van der Waals surface area contributed by atoms with Crippen LogP contribution in [0, 0.1) is 5.92 Å². The predicted octanol–water partition coefficient (Wildman–Crippen LogP) is 1.09. The fourth-order valence-electron chi connectivity index (χ4n) is 2.64. The molecule has 5 heteroatoms. The monoisotopic (exact) mass is 256 g/mol. The molecule has 1 heterocycles. The first-order chi connectivity index (χ1) is 8.43. The van der Waals surface area contributed by atoms with Crippen molar-refractivity contribution in [3.05, 3.63) is 0 Å². The third-order valence-electron chi connectivity index (χ3n) is 3.53. The lowest BCUT2D eigenvalue weighted by molar-refractivity contribution is -0.139. The molecule has 104 valence electrons. The molecule has 5 nitrogen and oxygen atoms in total. The molecule has 0 radical (unpaired) electrons. The normalized spacial score (nSPS) is 22.8. The van der Waals surface area contributed by atoms with Gasteiger partial charge in [-0.15, -0.1) is 0 Å². The summed E-state index contributed by atoms with van der Waals surface area (Å²) in [4.78, 5) is 24.8. The second kappa shape index (κ2) is 6.73. The summed E-state index contributed by atoms with van der Waals surface area (Å²) in [5.41, 5.74) is 0. The van der Waals surface area contributed by atoms with Crippen LogP contribution in [0.3, 0.4) is 0 Å². The standard InChI is InChI=1S/C13H24N2O3/c1-9(2)12(13(18)14-8-11(16)17)15-7-5-4-6-10(15)3/h9-10,12H,4-8H2,1-3H3,(H,14,18)(H,16,17). The zero-order valence-corrected chi connectivity index (χ0v) is 11.5. The number of nitrogens with one attached hydrogen (secondary N) is 1. The van der Waals surface area contributed by atoms with Crippen LogP contribution in [0.4, 0.5) is 0 Å². The average Bonchev–Trinajstić information content (AvgIpc) is 2.29. The molecule has 1 amide bonds. The highest BCUT2D eigenvalue weighted by Crippen LogP contribution is 2.22. The summed E-state index contributed by atoms with van der Waals surface area (Å²) in [5, 5.41) is 11.1. The molecule has 0 aliphatic carbocycles. The third kappa shape index (κ3) is 3.98. The van der Waals surface area contributed by atoms with Crippen molar-refractivity contribution < 1.29 is 14.7 Å². The van der Waals surface area contributed by atoms with Gasteiger partial charge in [0.2, 0.25) is 5.91 Å². The largest absolute Gasteiger partial charge is 0.480 e. The van der Waals surface area contributed by atoms with Crippen molar-refractivity contribution in [2.75, 3.05) is 13.1 Å². The highest BCUT2D eigenvalue weighted by molar-refractivity contribution is 5.85. The highest BCUT2D eigenvalue weighted by Gasteiger charge is 2.33. The van der Waals surface area contributed by atoms with Crippen LogP contribution in [-0.2, 0) is 9.59 Å². The Morgan fingerprint density at radius 2 is 2.06 bits per heavy atom. The molecule has 0 spiro atoms. The molecule has 0 aromatic heterocycles. The number of rotatable bonds is 5. The Kier molecular flexibility index (Phi) is 5.59. The number of amides is 1. The van der Waals surface area contributed by atoms with Gasteiger partial charge in [0.05, 0.1) is 6.04 Å². The molecule has 1 rings (SSSR count). The van der Waals surface area contributed by atoms with Crippen LogP contribution in [0.1, 0.15) is 40.0 Å². The number of carbonyl (C=O) groups is 2. The van der Waals surface area contributed by atoms with Gasteiger partial charge >= 0.3 is 5.97 Å². The van der Waals surface area contributed by atoms with E-state index in [1.807, 2.05) is 13.8 Å². The van der Waals surface area contributed by atoms with Gasteiger partial charge in [-0.2, -0.15) is 0 Å². The van der Waals surface area contributed by atoms with E-state index >= 15 is 0 Å². The summed E-state index contributed by atoms with van der Waals surface area (Å²) in [5.74, 6) is -0.988. The second-order valence-corrected chi connectivity index (χ2v) is 5.38. The lowest BCUT2D eigenvalue weighted by Gasteiger charge is -2.40. The van der Waals surface area contributed by atoms with Crippen LogP contribution in [0.2, 0.25) is 0 Å². The number of piperidine rings is 1. The van der Waals surface area contributed by atoms with Crippen LogP contribution in [0.5, 0.6) is 0 Å². The minimum absolute atomic E-state index is 0.166. The summed E-state index contributed by atoms with van der Waals surface area (Å²) in [6.07, 6.45) is 3.43. The first-order valence-electron chi connectivity index (χ1n) is 6.68. The fourth-order valence-corrected chi connectivity index (χ4v) is 2.64. The number of carboxylic acid groups (broad SMARTS) is 1. The van der Waals surface area contributed by atoms with Crippen molar-refractivity contribution in [3.8, 4) is 0 Å². The van der Waals surface area contributed by atoms with Crippen molar-refractivity contribution in [2.45, 2.75) is 52.1 Å². The van der Waals surface area contributed by atoms with Crippen molar-refractivity contribution in [2.24, 2.45) is 5.92 Å². The van der Waals surface area contributed by atoms with Crippen molar-refractivity contribution in [1.82, 2.24) is 10.2 Å². The Balaban J connectivity index is 2.68. The maximum atomic E-state index is 12.1. The van der Waals surface area contributed by atoms with E-state index in [4.69, 9.17) is 5.11 Å². The smallest absolute Gasteiger partial charge is 0.322 e. The van der Waals surface area contributed by atoms with Gasteiger partial charge in [0.25, 0.3) is 0 Å². The van der Waals surface area contributed by atoms with E-state index < -0.39 is 5.97 Å². The average molecular weight is 256 g/mol. The van der Waals surface area contributed by atoms with E-state index in [1.54, 1.807) is 0 Å². The topological polar surface area (TPSA) is 69.6 Å². The van der Waals surface area contributed by atoms with Crippen LogP contribution in [-0.4, -0.2) is 47.1 Å². The fraction of sp³-hybridized carbons (Fsp3) is 0.846.